The maximum Gasteiger partial charge on any atom is 0.242 e. The molecule has 2 amide bonds. The zero-order valence-corrected chi connectivity index (χ0v) is 23.3. The van der Waals surface area contributed by atoms with Gasteiger partial charge in [-0.25, -0.2) is 8.42 Å². The smallest absolute Gasteiger partial charge is 0.242 e. The molecular formula is C28H41N3O4S. The Labute approximate surface area is 216 Å². The molecule has 2 atom stereocenters. The lowest BCUT2D eigenvalue weighted by atomic mass is 10.1. The van der Waals surface area contributed by atoms with Gasteiger partial charge in [0.05, 0.1) is 11.9 Å². The molecule has 0 aliphatic carbocycles. The topological polar surface area (TPSA) is 86.8 Å². The van der Waals surface area contributed by atoms with Crippen LogP contribution in [0.4, 0.5) is 5.69 Å². The number of sulfonamides is 1. The Bertz CT molecular complexity index is 1100. The minimum absolute atomic E-state index is 0.0127. The van der Waals surface area contributed by atoms with Gasteiger partial charge >= 0.3 is 0 Å². The third-order valence-electron chi connectivity index (χ3n) is 6.43. The number of carbonyl (C=O) groups excluding carboxylic acids is 2. The number of nitrogens with one attached hydrogen (secondary N) is 1. The van der Waals surface area contributed by atoms with E-state index in [4.69, 9.17) is 0 Å². The van der Waals surface area contributed by atoms with Gasteiger partial charge in [0, 0.05) is 25.6 Å². The zero-order valence-electron chi connectivity index (χ0n) is 22.5. The molecule has 36 heavy (non-hydrogen) atoms. The van der Waals surface area contributed by atoms with Crippen LogP contribution in [0.15, 0.2) is 48.5 Å². The van der Waals surface area contributed by atoms with Crippen LogP contribution in [0, 0.1) is 6.92 Å². The van der Waals surface area contributed by atoms with Gasteiger partial charge in [-0.15, -0.1) is 0 Å². The number of nitrogens with zero attached hydrogens (tertiary/aromatic N) is 2. The SMILES string of the molecule is CCc1ccc(N(CCCC(=O)N(Cc2ccc(C)cc2)[C@H](C)C(=O)N[C@H](C)CC)S(C)(=O)=O)cc1. The molecule has 8 heteroatoms. The summed E-state index contributed by atoms with van der Waals surface area (Å²) in [5.41, 5.74) is 3.76. The summed E-state index contributed by atoms with van der Waals surface area (Å²) in [5.74, 6) is -0.379. The molecule has 198 valence electrons. The molecule has 1 N–H and O–H groups in total. The number of hydrogen-bond donors (Lipinski definition) is 1. The molecule has 0 aromatic heterocycles. The highest BCUT2D eigenvalue weighted by Gasteiger charge is 2.27. The molecule has 2 aromatic rings. The van der Waals surface area contributed by atoms with Crippen LogP contribution in [0.3, 0.4) is 0 Å². The van der Waals surface area contributed by atoms with Gasteiger partial charge in [-0.2, -0.15) is 0 Å². The predicted octanol–water partition coefficient (Wildman–Crippen LogP) is 4.44. The highest BCUT2D eigenvalue weighted by molar-refractivity contribution is 7.92. The van der Waals surface area contributed by atoms with E-state index >= 15 is 0 Å². The maximum atomic E-state index is 13.3. The molecule has 0 radical (unpaired) electrons. The monoisotopic (exact) mass is 515 g/mol. The van der Waals surface area contributed by atoms with Crippen molar-refractivity contribution in [2.75, 3.05) is 17.1 Å². The van der Waals surface area contributed by atoms with Gasteiger partial charge in [0.15, 0.2) is 0 Å². The predicted molar refractivity (Wildman–Crippen MR) is 146 cm³/mol. The Kier molecular flexibility index (Phi) is 11.0. The number of anilines is 1. The summed E-state index contributed by atoms with van der Waals surface area (Å²) < 4.78 is 26.3. The molecule has 7 nitrogen and oxygen atoms in total. The molecule has 0 saturated heterocycles. The van der Waals surface area contributed by atoms with Gasteiger partial charge in [-0.3, -0.25) is 13.9 Å². The van der Waals surface area contributed by atoms with Gasteiger partial charge in [-0.05, 0) is 63.3 Å². The van der Waals surface area contributed by atoms with Crippen LogP contribution in [0.25, 0.3) is 0 Å². The molecule has 0 bridgehead atoms. The van der Waals surface area contributed by atoms with Crippen molar-refractivity contribution in [3.05, 3.63) is 65.2 Å². The van der Waals surface area contributed by atoms with Crippen LogP contribution < -0.4 is 9.62 Å². The highest BCUT2D eigenvalue weighted by Crippen LogP contribution is 2.20. The molecule has 0 aliphatic heterocycles. The summed E-state index contributed by atoms with van der Waals surface area (Å²) in [7, 11) is -3.51. The fourth-order valence-corrected chi connectivity index (χ4v) is 4.81. The summed E-state index contributed by atoms with van der Waals surface area (Å²) in [6, 6.07) is 14.7. The molecule has 0 spiro atoms. The minimum Gasteiger partial charge on any atom is -0.352 e. The number of benzene rings is 2. The summed E-state index contributed by atoms with van der Waals surface area (Å²) in [6.45, 7) is 10.2. The van der Waals surface area contributed by atoms with Crippen molar-refractivity contribution < 1.29 is 18.0 Å². The van der Waals surface area contributed by atoms with Crippen LogP contribution in [-0.2, 0) is 32.6 Å². The summed E-state index contributed by atoms with van der Waals surface area (Å²) >= 11 is 0. The number of carbonyl (C=O) groups is 2. The van der Waals surface area contributed by atoms with Crippen LogP contribution in [0.2, 0.25) is 0 Å². The molecule has 2 aromatic carbocycles. The molecular weight excluding hydrogens is 474 g/mol. The van der Waals surface area contributed by atoms with Gasteiger partial charge in [0.25, 0.3) is 0 Å². The van der Waals surface area contributed by atoms with E-state index in [0.29, 0.717) is 18.7 Å². The third-order valence-corrected chi connectivity index (χ3v) is 7.62. The quantitative estimate of drug-likeness (QED) is 0.427. The lowest BCUT2D eigenvalue weighted by Crippen LogP contribution is -2.49. The number of amides is 2. The largest absolute Gasteiger partial charge is 0.352 e. The second-order valence-corrected chi connectivity index (χ2v) is 11.4. The normalized spacial score (nSPS) is 13.1. The van der Waals surface area contributed by atoms with Crippen molar-refractivity contribution >= 4 is 27.5 Å². The third kappa shape index (κ3) is 8.66. The summed E-state index contributed by atoms with van der Waals surface area (Å²) in [6.07, 6.45) is 3.31. The van der Waals surface area contributed by atoms with Crippen molar-refractivity contribution in [3.63, 3.8) is 0 Å². The van der Waals surface area contributed by atoms with E-state index in [0.717, 1.165) is 29.5 Å². The number of aryl methyl sites for hydroxylation is 2. The highest BCUT2D eigenvalue weighted by atomic mass is 32.2. The van der Waals surface area contributed by atoms with Crippen molar-refractivity contribution in [1.82, 2.24) is 10.2 Å². The second kappa shape index (κ2) is 13.4. The van der Waals surface area contributed by atoms with Crippen molar-refractivity contribution in [1.29, 1.82) is 0 Å². The first-order valence-corrected chi connectivity index (χ1v) is 14.5. The van der Waals surface area contributed by atoms with E-state index in [2.05, 4.69) is 5.32 Å². The number of rotatable bonds is 13. The maximum absolute atomic E-state index is 13.3. The lowest BCUT2D eigenvalue weighted by molar-refractivity contribution is -0.140. The van der Waals surface area contributed by atoms with E-state index in [9.17, 15) is 18.0 Å². The van der Waals surface area contributed by atoms with Crippen molar-refractivity contribution in [3.8, 4) is 0 Å². The van der Waals surface area contributed by atoms with E-state index in [1.807, 2.05) is 64.1 Å². The fourth-order valence-electron chi connectivity index (χ4n) is 3.84. The van der Waals surface area contributed by atoms with Gasteiger partial charge in [0.1, 0.15) is 6.04 Å². The summed E-state index contributed by atoms with van der Waals surface area (Å²) in [4.78, 5) is 27.8. The first kappa shape index (κ1) is 29.4. The molecule has 0 unspecified atom stereocenters. The minimum atomic E-state index is -3.51. The van der Waals surface area contributed by atoms with Crippen molar-refractivity contribution in [2.45, 2.75) is 78.9 Å². The average Bonchev–Trinajstić information content (AvgIpc) is 2.85. The van der Waals surface area contributed by atoms with E-state index in [-0.39, 0.29) is 30.8 Å². The zero-order chi connectivity index (χ0) is 26.9. The molecule has 0 fully saturated rings. The molecule has 0 heterocycles. The van der Waals surface area contributed by atoms with E-state index in [1.54, 1.807) is 24.0 Å². The Balaban J connectivity index is 2.16. The lowest BCUT2D eigenvalue weighted by Gasteiger charge is -2.30. The van der Waals surface area contributed by atoms with E-state index < -0.39 is 16.1 Å². The molecule has 0 saturated carbocycles. The first-order valence-electron chi connectivity index (χ1n) is 12.7. The Morgan fingerprint density at radius 1 is 0.944 bits per heavy atom. The average molecular weight is 516 g/mol. The second-order valence-electron chi connectivity index (χ2n) is 9.46. The standard InChI is InChI=1S/C28H41N3O4S/c1-7-22(4)29-28(33)23(5)30(20-25-13-11-21(3)12-14-25)27(32)10-9-19-31(36(6,34)35)26-17-15-24(8-2)16-18-26/h11-18,22-23H,7-10,19-20H2,1-6H3,(H,29,33)/t22-,23-/m1/s1. The van der Waals surface area contributed by atoms with E-state index in [1.165, 1.54) is 10.6 Å². The van der Waals surface area contributed by atoms with Gasteiger partial charge < -0.3 is 10.2 Å². The number of hydrogen-bond acceptors (Lipinski definition) is 4. The Hall–Kier alpha value is -2.87. The van der Waals surface area contributed by atoms with Gasteiger partial charge in [-0.1, -0.05) is 55.8 Å². The van der Waals surface area contributed by atoms with Crippen LogP contribution >= 0.6 is 0 Å². The molecule has 0 aliphatic rings. The van der Waals surface area contributed by atoms with Crippen LogP contribution in [-0.4, -0.2) is 50.0 Å². The Morgan fingerprint density at radius 3 is 2.06 bits per heavy atom. The van der Waals surface area contributed by atoms with Gasteiger partial charge in [0.2, 0.25) is 21.8 Å². The Morgan fingerprint density at radius 2 is 1.53 bits per heavy atom. The first-order chi connectivity index (χ1) is 17.0. The fraction of sp³-hybridized carbons (Fsp3) is 0.500. The molecule has 2 rings (SSSR count). The van der Waals surface area contributed by atoms with Crippen molar-refractivity contribution in [2.24, 2.45) is 0 Å². The summed E-state index contributed by atoms with van der Waals surface area (Å²) in [5, 5.41) is 2.96. The van der Waals surface area contributed by atoms with Crippen LogP contribution in [0.5, 0.6) is 0 Å². The van der Waals surface area contributed by atoms with Crippen LogP contribution in [0.1, 0.15) is 63.6 Å².